The summed E-state index contributed by atoms with van der Waals surface area (Å²) in [4.78, 5) is 22.9. The van der Waals surface area contributed by atoms with E-state index in [1.807, 2.05) is 19.1 Å². The van der Waals surface area contributed by atoms with Crippen LogP contribution in [-0.4, -0.2) is 10.8 Å². The van der Waals surface area contributed by atoms with Crippen LogP contribution in [0.25, 0.3) is 0 Å². The summed E-state index contributed by atoms with van der Waals surface area (Å²) in [6.45, 7) is 1.81. The number of carbonyl (C=O) groups excluding carboxylic acids is 1. The standard InChI is InChI=1S/C19H20N2O3/c1-13(14-9-11-16(12-10-14)21(23)24)19(22)20-18-8-4-6-15-5-2-3-7-17(15)18/h4,6,8-13H,2-3,5,7H2,1H3,(H,20,22). The lowest BCUT2D eigenvalue weighted by atomic mass is 9.90. The molecule has 1 amide bonds. The third-order valence-corrected chi connectivity index (χ3v) is 4.65. The molecule has 1 unspecified atom stereocenters. The number of fused-ring (bicyclic) bond motifs is 1. The number of nitrogens with one attached hydrogen (secondary N) is 1. The molecule has 1 aliphatic rings. The summed E-state index contributed by atoms with van der Waals surface area (Å²) in [5.74, 6) is -0.465. The normalized spacial score (nSPS) is 14.5. The summed E-state index contributed by atoms with van der Waals surface area (Å²) in [7, 11) is 0. The summed E-state index contributed by atoms with van der Waals surface area (Å²) >= 11 is 0. The highest BCUT2D eigenvalue weighted by atomic mass is 16.6. The van der Waals surface area contributed by atoms with Gasteiger partial charge in [-0.05, 0) is 55.4 Å². The molecule has 0 saturated heterocycles. The van der Waals surface area contributed by atoms with Crippen LogP contribution in [-0.2, 0) is 17.6 Å². The van der Waals surface area contributed by atoms with Crippen LogP contribution in [0.15, 0.2) is 42.5 Å². The minimum Gasteiger partial charge on any atom is -0.325 e. The Hall–Kier alpha value is -2.69. The van der Waals surface area contributed by atoms with Crippen molar-refractivity contribution >= 4 is 17.3 Å². The first-order chi connectivity index (χ1) is 11.6. The Morgan fingerprint density at radius 2 is 1.83 bits per heavy atom. The Kier molecular flexibility index (Phi) is 4.60. The lowest BCUT2D eigenvalue weighted by molar-refractivity contribution is -0.384. The number of hydrogen-bond acceptors (Lipinski definition) is 3. The molecule has 1 N–H and O–H groups in total. The number of carbonyl (C=O) groups is 1. The number of hydrogen-bond donors (Lipinski definition) is 1. The molecular formula is C19H20N2O3. The number of anilines is 1. The molecule has 0 radical (unpaired) electrons. The second kappa shape index (κ2) is 6.83. The topological polar surface area (TPSA) is 72.2 Å². The van der Waals surface area contributed by atoms with Crippen molar-refractivity contribution in [1.82, 2.24) is 0 Å². The van der Waals surface area contributed by atoms with Crippen molar-refractivity contribution in [3.05, 3.63) is 69.3 Å². The van der Waals surface area contributed by atoms with Crippen LogP contribution in [0.1, 0.15) is 42.4 Å². The summed E-state index contributed by atoms with van der Waals surface area (Å²) < 4.78 is 0. The van der Waals surface area contributed by atoms with Crippen molar-refractivity contribution in [2.75, 3.05) is 5.32 Å². The van der Waals surface area contributed by atoms with E-state index in [2.05, 4.69) is 11.4 Å². The number of rotatable bonds is 4. The van der Waals surface area contributed by atoms with E-state index in [1.54, 1.807) is 12.1 Å². The molecule has 3 rings (SSSR count). The maximum absolute atomic E-state index is 12.6. The van der Waals surface area contributed by atoms with Gasteiger partial charge < -0.3 is 5.32 Å². The number of amides is 1. The fourth-order valence-electron chi connectivity index (χ4n) is 3.18. The zero-order chi connectivity index (χ0) is 17.1. The van der Waals surface area contributed by atoms with Crippen molar-refractivity contribution in [2.24, 2.45) is 0 Å². The average Bonchev–Trinajstić information content (AvgIpc) is 2.61. The van der Waals surface area contributed by atoms with E-state index in [4.69, 9.17) is 0 Å². The largest absolute Gasteiger partial charge is 0.325 e. The zero-order valence-corrected chi connectivity index (χ0v) is 13.6. The number of benzene rings is 2. The molecule has 0 heterocycles. The molecule has 0 aliphatic heterocycles. The van der Waals surface area contributed by atoms with E-state index in [1.165, 1.54) is 29.7 Å². The number of nitro benzene ring substituents is 1. The Morgan fingerprint density at radius 3 is 2.54 bits per heavy atom. The summed E-state index contributed by atoms with van der Waals surface area (Å²) in [6.07, 6.45) is 4.41. The molecule has 1 atom stereocenters. The predicted octanol–water partition coefficient (Wildman–Crippen LogP) is 4.22. The highest BCUT2D eigenvalue weighted by Crippen LogP contribution is 2.29. The quantitative estimate of drug-likeness (QED) is 0.676. The molecule has 0 bridgehead atoms. The molecule has 0 saturated carbocycles. The predicted molar refractivity (Wildman–Crippen MR) is 93.2 cm³/mol. The van der Waals surface area contributed by atoms with Crippen LogP contribution in [0.2, 0.25) is 0 Å². The van der Waals surface area contributed by atoms with Crippen LogP contribution in [0.5, 0.6) is 0 Å². The van der Waals surface area contributed by atoms with Crippen LogP contribution in [0.4, 0.5) is 11.4 Å². The molecule has 24 heavy (non-hydrogen) atoms. The van der Waals surface area contributed by atoms with Crippen LogP contribution >= 0.6 is 0 Å². The molecule has 2 aromatic carbocycles. The van der Waals surface area contributed by atoms with Crippen LogP contribution in [0, 0.1) is 10.1 Å². The van der Waals surface area contributed by atoms with Crippen molar-refractivity contribution in [3.63, 3.8) is 0 Å². The van der Waals surface area contributed by atoms with E-state index >= 15 is 0 Å². The maximum Gasteiger partial charge on any atom is 0.269 e. The van der Waals surface area contributed by atoms with Gasteiger partial charge in [0.2, 0.25) is 5.91 Å². The van der Waals surface area contributed by atoms with E-state index in [-0.39, 0.29) is 17.5 Å². The van der Waals surface area contributed by atoms with Gasteiger partial charge in [-0.15, -0.1) is 0 Å². The monoisotopic (exact) mass is 324 g/mol. The molecule has 1 aliphatic carbocycles. The highest BCUT2D eigenvalue weighted by Gasteiger charge is 2.19. The SMILES string of the molecule is CC(C(=O)Nc1cccc2c1CCCC2)c1ccc([N+](=O)[O-])cc1. The van der Waals surface area contributed by atoms with E-state index in [0.717, 1.165) is 30.5 Å². The minimum absolute atomic E-state index is 0.0310. The van der Waals surface area contributed by atoms with Crippen LogP contribution in [0.3, 0.4) is 0 Å². The first-order valence-corrected chi connectivity index (χ1v) is 8.22. The third-order valence-electron chi connectivity index (χ3n) is 4.65. The van der Waals surface area contributed by atoms with Gasteiger partial charge in [0.05, 0.1) is 10.8 Å². The zero-order valence-electron chi connectivity index (χ0n) is 13.6. The number of nitrogens with zero attached hydrogens (tertiary/aromatic N) is 1. The van der Waals surface area contributed by atoms with Crippen molar-refractivity contribution < 1.29 is 9.72 Å². The van der Waals surface area contributed by atoms with Crippen molar-refractivity contribution in [3.8, 4) is 0 Å². The van der Waals surface area contributed by atoms with E-state index < -0.39 is 4.92 Å². The Morgan fingerprint density at radius 1 is 1.12 bits per heavy atom. The summed E-state index contributed by atoms with van der Waals surface area (Å²) in [5, 5.41) is 13.8. The van der Waals surface area contributed by atoms with E-state index in [0.29, 0.717) is 0 Å². The fourth-order valence-corrected chi connectivity index (χ4v) is 3.18. The second-order valence-electron chi connectivity index (χ2n) is 6.21. The van der Waals surface area contributed by atoms with Crippen LogP contribution < -0.4 is 5.32 Å². The summed E-state index contributed by atoms with van der Waals surface area (Å²) in [5.41, 5.74) is 4.26. The Bertz CT molecular complexity index is 769. The molecule has 0 aromatic heterocycles. The van der Waals surface area contributed by atoms with Gasteiger partial charge in [-0.1, -0.05) is 24.3 Å². The van der Waals surface area contributed by atoms with Gasteiger partial charge >= 0.3 is 0 Å². The smallest absolute Gasteiger partial charge is 0.269 e. The van der Waals surface area contributed by atoms with Gasteiger partial charge in [0.15, 0.2) is 0 Å². The number of non-ortho nitro benzene ring substituents is 1. The number of aryl methyl sites for hydroxylation is 1. The van der Waals surface area contributed by atoms with Crippen molar-refractivity contribution in [1.29, 1.82) is 0 Å². The maximum atomic E-state index is 12.6. The molecule has 2 aromatic rings. The molecule has 0 fully saturated rings. The second-order valence-corrected chi connectivity index (χ2v) is 6.21. The Balaban J connectivity index is 1.76. The summed E-state index contributed by atoms with van der Waals surface area (Å²) in [6, 6.07) is 12.2. The van der Waals surface area contributed by atoms with Gasteiger partial charge in [-0.3, -0.25) is 14.9 Å². The van der Waals surface area contributed by atoms with Gasteiger partial charge in [-0.2, -0.15) is 0 Å². The molecular weight excluding hydrogens is 304 g/mol. The fraction of sp³-hybridized carbons (Fsp3) is 0.316. The number of nitro groups is 1. The van der Waals surface area contributed by atoms with Gasteiger partial charge in [-0.25, -0.2) is 0 Å². The lowest BCUT2D eigenvalue weighted by Crippen LogP contribution is -2.20. The molecule has 5 heteroatoms. The van der Waals surface area contributed by atoms with Gasteiger partial charge in [0.1, 0.15) is 0 Å². The minimum atomic E-state index is -0.440. The molecule has 5 nitrogen and oxygen atoms in total. The third kappa shape index (κ3) is 3.30. The average molecular weight is 324 g/mol. The van der Waals surface area contributed by atoms with Gasteiger partial charge in [0.25, 0.3) is 5.69 Å². The van der Waals surface area contributed by atoms with Crippen molar-refractivity contribution in [2.45, 2.75) is 38.5 Å². The first-order valence-electron chi connectivity index (χ1n) is 8.22. The van der Waals surface area contributed by atoms with E-state index in [9.17, 15) is 14.9 Å². The van der Waals surface area contributed by atoms with Gasteiger partial charge in [0, 0.05) is 17.8 Å². The molecule has 0 spiro atoms. The molecule has 124 valence electrons. The highest BCUT2D eigenvalue weighted by molar-refractivity contribution is 5.96. The lowest BCUT2D eigenvalue weighted by Gasteiger charge is -2.21. The Labute approximate surface area is 140 Å². The first kappa shape index (κ1) is 16.2.